The lowest BCUT2D eigenvalue weighted by molar-refractivity contribution is -0.132. The Balaban J connectivity index is 1.67. The summed E-state index contributed by atoms with van der Waals surface area (Å²) in [6.07, 6.45) is 6.56. The first-order chi connectivity index (χ1) is 12.2. The zero-order valence-electron chi connectivity index (χ0n) is 13.8. The van der Waals surface area contributed by atoms with Crippen molar-refractivity contribution in [2.24, 2.45) is 0 Å². The van der Waals surface area contributed by atoms with Crippen molar-refractivity contribution in [2.45, 2.75) is 20.0 Å². The maximum absolute atomic E-state index is 13.3. The summed E-state index contributed by atoms with van der Waals surface area (Å²) in [6.45, 7) is 2.92. The Bertz CT molecular complexity index is 849. The van der Waals surface area contributed by atoms with E-state index in [1.807, 2.05) is 6.92 Å². The Hall–Kier alpha value is -3.09. The summed E-state index contributed by atoms with van der Waals surface area (Å²) in [5.74, 6) is -0.383. The molecule has 0 aliphatic heterocycles. The van der Waals surface area contributed by atoms with E-state index in [9.17, 15) is 9.18 Å². The number of aromatic nitrogens is 4. The van der Waals surface area contributed by atoms with Crippen molar-refractivity contribution in [3.63, 3.8) is 0 Å². The standard InChI is InChI=1S/C18H18FN5O/c1-2-23(10-14-4-3-5-16(19)8-14)18(25)12-24-11-15(9-22-24)17-6-7-20-13-21-17/h3-9,11,13H,2,10,12H2,1H3. The highest BCUT2D eigenvalue weighted by molar-refractivity contribution is 5.76. The van der Waals surface area contributed by atoms with Crippen molar-refractivity contribution >= 4 is 5.91 Å². The molecule has 7 heteroatoms. The van der Waals surface area contributed by atoms with E-state index in [2.05, 4.69) is 15.1 Å². The largest absolute Gasteiger partial charge is 0.337 e. The molecule has 0 spiro atoms. The number of benzene rings is 1. The summed E-state index contributed by atoms with van der Waals surface area (Å²) in [6, 6.07) is 8.06. The Labute approximate surface area is 145 Å². The van der Waals surface area contributed by atoms with Crippen LogP contribution in [0.4, 0.5) is 4.39 Å². The van der Waals surface area contributed by atoms with Gasteiger partial charge in [-0.25, -0.2) is 14.4 Å². The third-order valence-electron chi connectivity index (χ3n) is 3.81. The third-order valence-corrected chi connectivity index (χ3v) is 3.81. The quantitative estimate of drug-likeness (QED) is 0.692. The van der Waals surface area contributed by atoms with Crippen molar-refractivity contribution in [3.8, 4) is 11.3 Å². The van der Waals surface area contributed by atoms with Crippen molar-refractivity contribution in [1.82, 2.24) is 24.6 Å². The number of amides is 1. The van der Waals surface area contributed by atoms with Crippen LogP contribution in [0.3, 0.4) is 0 Å². The molecule has 0 saturated carbocycles. The molecule has 25 heavy (non-hydrogen) atoms. The number of hydrogen-bond acceptors (Lipinski definition) is 4. The molecule has 0 aliphatic rings. The lowest BCUT2D eigenvalue weighted by Gasteiger charge is -2.21. The maximum atomic E-state index is 13.3. The van der Waals surface area contributed by atoms with Gasteiger partial charge in [0.1, 0.15) is 18.7 Å². The minimum Gasteiger partial charge on any atom is -0.337 e. The van der Waals surface area contributed by atoms with Gasteiger partial charge >= 0.3 is 0 Å². The van der Waals surface area contributed by atoms with Gasteiger partial charge in [-0.15, -0.1) is 0 Å². The molecule has 0 N–H and O–H groups in total. The number of carbonyl (C=O) groups is 1. The second kappa shape index (κ2) is 7.65. The lowest BCUT2D eigenvalue weighted by Crippen LogP contribution is -2.33. The smallest absolute Gasteiger partial charge is 0.244 e. The van der Waals surface area contributed by atoms with Crippen molar-refractivity contribution in [2.75, 3.05) is 6.54 Å². The van der Waals surface area contributed by atoms with E-state index in [4.69, 9.17) is 0 Å². The van der Waals surface area contributed by atoms with Crippen LogP contribution in [0.5, 0.6) is 0 Å². The minimum absolute atomic E-state index is 0.0795. The van der Waals surface area contributed by atoms with Gasteiger partial charge < -0.3 is 4.90 Å². The lowest BCUT2D eigenvalue weighted by atomic mass is 10.2. The monoisotopic (exact) mass is 339 g/mol. The summed E-state index contributed by atoms with van der Waals surface area (Å²) in [5, 5.41) is 4.22. The summed E-state index contributed by atoms with van der Waals surface area (Å²) in [4.78, 5) is 22.2. The maximum Gasteiger partial charge on any atom is 0.244 e. The van der Waals surface area contributed by atoms with Crippen LogP contribution in [0.25, 0.3) is 11.3 Å². The van der Waals surface area contributed by atoms with E-state index in [0.717, 1.165) is 16.8 Å². The second-order valence-electron chi connectivity index (χ2n) is 5.56. The van der Waals surface area contributed by atoms with Gasteiger partial charge in [-0.05, 0) is 30.7 Å². The van der Waals surface area contributed by atoms with Crippen LogP contribution in [-0.2, 0) is 17.9 Å². The van der Waals surface area contributed by atoms with E-state index < -0.39 is 0 Å². The van der Waals surface area contributed by atoms with Gasteiger partial charge in [0.2, 0.25) is 5.91 Å². The van der Waals surface area contributed by atoms with Gasteiger partial charge in [0.15, 0.2) is 0 Å². The number of halogens is 1. The highest BCUT2D eigenvalue weighted by Crippen LogP contribution is 2.14. The van der Waals surface area contributed by atoms with Gasteiger partial charge in [0.05, 0.1) is 11.9 Å². The fourth-order valence-corrected chi connectivity index (χ4v) is 2.51. The van der Waals surface area contributed by atoms with Crippen LogP contribution in [0.15, 0.2) is 55.2 Å². The first-order valence-corrected chi connectivity index (χ1v) is 7.96. The van der Waals surface area contributed by atoms with Crippen LogP contribution in [0.1, 0.15) is 12.5 Å². The molecule has 128 valence electrons. The average molecular weight is 339 g/mol. The SMILES string of the molecule is CCN(Cc1cccc(F)c1)C(=O)Cn1cc(-c2ccncn2)cn1. The van der Waals surface area contributed by atoms with E-state index in [0.29, 0.717) is 13.1 Å². The molecule has 0 aliphatic carbocycles. The molecule has 2 aromatic heterocycles. The Morgan fingerprint density at radius 3 is 2.92 bits per heavy atom. The molecule has 0 unspecified atom stereocenters. The first-order valence-electron chi connectivity index (χ1n) is 7.96. The molecule has 6 nitrogen and oxygen atoms in total. The first kappa shape index (κ1) is 16.8. The van der Waals surface area contributed by atoms with Crippen LogP contribution >= 0.6 is 0 Å². The molecular formula is C18H18FN5O. The van der Waals surface area contributed by atoms with Gasteiger partial charge in [0.25, 0.3) is 0 Å². The summed E-state index contributed by atoms with van der Waals surface area (Å²) < 4.78 is 14.9. The second-order valence-corrected chi connectivity index (χ2v) is 5.56. The van der Waals surface area contributed by atoms with Gasteiger partial charge in [-0.1, -0.05) is 12.1 Å². The van der Waals surface area contributed by atoms with Gasteiger partial charge in [-0.3, -0.25) is 9.48 Å². The van der Waals surface area contributed by atoms with Gasteiger partial charge in [-0.2, -0.15) is 5.10 Å². The highest BCUT2D eigenvalue weighted by atomic mass is 19.1. The van der Waals surface area contributed by atoms with Gasteiger partial charge in [0, 0.05) is 31.0 Å². The van der Waals surface area contributed by atoms with E-state index >= 15 is 0 Å². The predicted octanol–water partition coefficient (Wildman–Crippen LogP) is 2.53. The number of nitrogens with zero attached hydrogens (tertiary/aromatic N) is 5. The third kappa shape index (κ3) is 4.26. The Morgan fingerprint density at radius 1 is 1.32 bits per heavy atom. The molecular weight excluding hydrogens is 321 g/mol. The molecule has 0 radical (unpaired) electrons. The summed E-state index contributed by atoms with van der Waals surface area (Å²) in [5.41, 5.74) is 2.33. The predicted molar refractivity (Wildman–Crippen MR) is 90.7 cm³/mol. The van der Waals surface area contributed by atoms with Crippen LogP contribution in [-0.4, -0.2) is 37.1 Å². The van der Waals surface area contributed by atoms with Crippen molar-refractivity contribution in [3.05, 3.63) is 66.6 Å². The zero-order valence-corrected chi connectivity index (χ0v) is 13.8. The molecule has 0 bridgehead atoms. The van der Waals surface area contributed by atoms with Crippen molar-refractivity contribution < 1.29 is 9.18 Å². The Morgan fingerprint density at radius 2 is 2.20 bits per heavy atom. The molecule has 0 fully saturated rings. The fraction of sp³-hybridized carbons (Fsp3) is 0.222. The summed E-state index contributed by atoms with van der Waals surface area (Å²) >= 11 is 0. The fourth-order valence-electron chi connectivity index (χ4n) is 2.51. The van der Waals surface area contributed by atoms with Crippen LogP contribution in [0.2, 0.25) is 0 Å². The number of rotatable bonds is 6. The number of hydrogen-bond donors (Lipinski definition) is 0. The topological polar surface area (TPSA) is 63.9 Å². The average Bonchev–Trinajstić information content (AvgIpc) is 3.09. The van der Waals surface area contributed by atoms with E-state index in [-0.39, 0.29) is 18.3 Å². The molecule has 1 amide bonds. The van der Waals surface area contributed by atoms with E-state index in [1.165, 1.54) is 18.5 Å². The highest BCUT2D eigenvalue weighted by Gasteiger charge is 2.14. The normalized spacial score (nSPS) is 10.6. The zero-order chi connectivity index (χ0) is 17.6. The molecule has 3 aromatic rings. The molecule has 0 saturated heterocycles. The summed E-state index contributed by atoms with van der Waals surface area (Å²) in [7, 11) is 0. The Kier molecular flexibility index (Phi) is 5.13. The molecule has 3 rings (SSSR count). The van der Waals surface area contributed by atoms with Crippen molar-refractivity contribution in [1.29, 1.82) is 0 Å². The number of carbonyl (C=O) groups excluding carboxylic acids is 1. The van der Waals surface area contributed by atoms with E-state index in [1.54, 1.807) is 46.4 Å². The van der Waals surface area contributed by atoms with Crippen LogP contribution < -0.4 is 0 Å². The van der Waals surface area contributed by atoms with Crippen LogP contribution in [0, 0.1) is 5.82 Å². The molecule has 2 heterocycles. The molecule has 1 aromatic carbocycles. The number of likely N-dealkylation sites (N-methyl/N-ethyl adjacent to an activating group) is 1. The minimum atomic E-state index is -0.303. The molecule has 0 atom stereocenters.